The molecule has 0 N–H and O–H groups in total. The van der Waals surface area contributed by atoms with Gasteiger partial charge in [0.1, 0.15) is 0 Å². The largest absolute Gasteiger partial charge is 0.271 e. The maximum Gasteiger partial charge on any atom is 0.259 e. The van der Waals surface area contributed by atoms with Gasteiger partial charge in [0.2, 0.25) is 0 Å². The van der Waals surface area contributed by atoms with Crippen molar-refractivity contribution in [2.75, 3.05) is 5.75 Å². The van der Waals surface area contributed by atoms with E-state index in [1.54, 1.807) is 0 Å². The van der Waals surface area contributed by atoms with E-state index in [4.69, 9.17) is 11.6 Å². The SMILES string of the molecule is O=C1CSc2nc(CCl)nn21. The lowest BCUT2D eigenvalue weighted by Gasteiger charge is -1.85. The molecule has 1 aromatic heterocycles. The number of hydrogen-bond donors (Lipinski definition) is 0. The molecule has 0 amide bonds. The van der Waals surface area contributed by atoms with Gasteiger partial charge in [-0.25, -0.2) is 4.98 Å². The first-order valence-corrected chi connectivity index (χ1v) is 4.51. The molecule has 0 aliphatic carbocycles. The van der Waals surface area contributed by atoms with Crippen LogP contribution in [0.1, 0.15) is 10.6 Å². The molecule has 58 valence electrons. The fourth-order valence-electron chi connectivity index (χ4n) is 0.838. The summed E-state index contributed by atoms with van der Waals surface area (Å²) in [5.74, 6) is 1.20. The van der Waals surface area contributed by atoms with Crippen molar-refractivity contribution in [2.45, 2.75) is 11.0 Å². The highest BCUT2D eigenvalue weighted by Crippen LogP contribution is 2.22. The summed E-state index contributed by atoms with van der Waals surface area (Å²) in [4.78, 5) is 15.0. The predicted molar refractivity (Wildman–Crippen MR) is 40.9 cm³/mol. The molecule has 0 spiro atoms. The third-order valence-electron chi connectivity index (χ3n) is 1.30. The van der Waals surface area contributed by atoms with Gasteiger partial charge in [-0.2, -0.15) is 4.68 Å². The molecule has 0 fully saturated rings. The average molecular weight is 190 g/mol. The van der Waals surface area contributed by atoms with Crippen molar-refractivity contribution in [3.63, 3.8) is 0 Å². The summed E-state index contributed by atoms with van der Waals surface area (Å²) in [6.07, 6.45) is 0. The smallest absolute Gasteiger partial charge is 0.259 e. The molecule has 0 atom stereocenters. The molecule has 0 saturated heterocycles. The number of carbonyl (C=O) groups is 1. The lowest BCUT2D eigenvalue weighted by Crippen LogP contribution is -2.08. The molecule has 2 rings (SSSR count). The molecule has 0 radical (unpaired) electrons. The monoisotopic (exact) mass is 189 g/mol. The van der Waals surface area contributed by atoms with E-state index < -0.39 is 0 Å². The summed E-state index contributed by atoms with van der Waals surface area (Å²) >= 11 is 6.88. The molecular formula is C5H4ClN3OS. The van der Waals surface area contributed by atoms with Crippen LogP contribution in [0.3, 0.4) is 0 Å². The molecule has 2 heterocycles. The Morgan fingerprint density at radius 2 is 2.55 bits per heavy atom. The van der Waals surface area contributed by atoms with Crippen LogP contribution in [0, 0.1) is 0 Å². The van der Waals surface area contributed by atoms with E-state index in [0.29, 0.717) is 16.7 Å². The third kappa shape index (κ3) is 1.04. The minimum atomic E-state index is -0.0196. The molecule has 0 unspecified atom stereocenters. The zero-order valence-electron chi connectivity index (χ0n) is 5.45. The van der Waals surface area contributed by atoms with Gasteiger partial charge in [-0.15, -0.1) is 16.7 Å². The number of hydrogen-bond acceptors (Lipinski definition) is 4. The number of rotatable bonds is 1. The second-order valence-electron chi connectivity index (χ2n) is 2.04. The van der Waals surface area contributed by atoms with Gasteiger partial charge in [0, 0.05) is 0 Å². The molecule has 1 aliphatic rings. The lowest BCUT2D eigenvalue weighted by molar-refractivity contribution is 0.0923. The van der Waals surface area contributed by atoms with Gasteiger partial charge in [-0.3, -0.25) is 4.79 Å². The van der Waals surface area contributed by atoms with Crippen LogP contribution in [0.25, 0.3) is 0 Å². The van der Waals surface area contributed by atoms with Crippen molar-refractivity contribution in [2.24, 2.45) is 0 Å². The van der Waals surface area contributed by atoms with Crippen LogP contribution in [0.5, 0.6) is 0 Å². The summed E-state index contributed by atoms with van der Waals surface area (Å²) in [7, 11) is 0. The molecule has 1 aliphatic heterocycles. The summed E-state index contributed by atoms with van der Waals surface area (Å²) < 4.78 is 1.31. The molecule has 6 heteroatoms. The van der Waals surface area contributed by atoms with E-state index in [1.807, 2.05) is 0 Å². The predicted octanol–water partition coefficient (Wildman–Crippen LogP) is 0.763. The van der Waals surface area contributed by atoms with E-state index in [2.05, 4.69) is 10.1 Å². The number of fused-ring (bicyclic) bond motifs is 1. The number of nitrogens with zero attached hydrogens (tertiary/aromatic N) is 3. The van der Waals surface area contributed by atoms with Gasteiger partial charge < -0.3 is 0 Å². The van der Waals surface area contributed by atoms with Gasteiger partial charge in [0.15, 0.2) is 11.0 Å². The van der Waals surface area contributed by atoms with E-state index in [1.165, 1.54) is 16.4 Å². The first-order chi connectivity index (χ1) is 5.31. The Kier molecular flexibility index (Phi) is 1.61. The number of alkyl halides is 1. The van der Waals surface area contributed by atoms with Crippen molar-refractivity contribution < 1.29 is 4.79 Å². The number of carbonyl (C=O) groups excluding carboxylic acids is 1. The Morgan fingerprint density at radius 1 is 1.73 bits per heavy atom. The molecule has 1 aromatic rings. The van der Waals surface area contributed by atoms with Crippen LogP contribution >= 0.6 is 23.4 Å². The standard InChI is InChI=1S/C5H4ClN3OS/c6-1-3-7-5-9(8-3)4(10)2-11-5/h1-2H2. The normalized spacial score (nSPS) is 15.5. The van der Waals surface area contributed by atoms with Gasteiger partial charge in [-0.05, 0) is 0 Å². The van der Waals surface area contributed by atoms with Crippen molar-refractivity contribution >= 4 is 29.3 Å². The number of halogens is 1. The van der Waals surface area contributed by atoms with Crippen LogP contribution in [-0.4, -0.2) is 26.4 Å². The molecule has 0 bridgehead atoms. The quantitative estimate of drug-likeness (QED) is 0.612. The minimum absolute atomic E-state index is 0.0196. The van der Waals surface area contributed by atoms with Crippen molar-refractivity contribution in [3.05, 3.63) is 5.82 Å². The highest BCUT2D eigenvalue weighted by Gasteiger charge is 2.23. The van der Waals surface area contributed by atoms with Crippen molar-refractivity contribution in [3.8, 4) is 0 Å². The summed E-state index contributed by atoms with van der Waals surface area (Å²) in [6, 6.07) is 0. The molecule has 0 aromatic carbocycles. The fraction of sp³-hybridized carbons (Fsp3) is 0.400. The average Bonchev–Trinajstić information content (AvgIpc) is 2.53. The highest BCUT2D eigenvalue weighted by atomic mass is 35.5. The molecule has 4 nitrogen and oxygen atoms in total. The van der Waals surface area contributed by atoms with E-state index in [0.717, 1.165) is 0 Å². The Bertz CT molecular complexity index is 311. The zero-order valence-corrected chi connectivity index (χ0v) is 7.02. The van der Waals surface area contributed by atoms with Gasteiger partial charge in [-0.1, -0.05) is 11.8 Å². The highest BCUT2D eigenvalue weighted by molar-refractivity contribution is 8.00. The van der Waals surface area contributed by atoms with Crippen LogP contribution in [0.4, 0.5) is 0 Å². The van der Waals surface area contributed by atoms with Crippen LogP contribution in [0.15, 0.2) is 5.16 Å². The number of thioether (sulfide) groups is 1. The van der Waals surface area contributed by atoms with Gasteiger partial charge in [0.25, 0.3) is 5.91 Å². The van der Waals surface area contributed by atoms with E-state index in [-0.39, 0.29) is 11.8 Å². The minimum Gasteiger partial charge on any atom is -0.271 e. The Hall–Kier alpha value is -0.550. The Labute approximate surface area is 71.9 Å². The second kappa shape index (κ2) is 2.49. The van der Waals surface area contributed by atoms with Gasteiger partial charge >= 0.3 is 0 Å². The van der Waals surface area contributed by atoms with E-state index >= 15 is 0 Å². The Balaban J connectivity index is 2.46. The second-order valence-corrected chi connectivity index (χ2v) is 3.25. The first kappa shape index (κ1) is 7.12. The molecular weight excluding hydrogens is 186 g/mol. The fourth-order valence-corrected chi connectivity index (χ4v) is 1.76. The number of aromatic nitrogens is 3. The molecule has 0 saturated carbocycles. The maximum atomic E-state index is 11.0. The zero-order chi connectivity index (χ0) is 7.84. The van der Waals surface area contributed by atoms with Crippen LogP contribution in [-0.2, 0) is 5.88 Å². The van der Waals surface area contributed by atoms with Crippen molar-refractivity contribution in [1.29, 1.82) is 0 Å². The Morgan fingerprint density at radius 3 is 3.18 bits per heavy atom. The lowest BCUT2D eigenvalue weighted by atomic mass is 10.7. The molecule has 11 heavy (non-hydrogen) atoms. The van der Waals surface area contributed by atoms with Crippen LogP contribution < -0.4 is 0 Å². The topological polar surface area (TPSA) is 47.8 Å². The maximum absolute atomic E-state index is 11.0. The third-order valence-corrected chi connectivity index (χ3v) is 2.45. The van der Waals surface area contributed by atoms with E-state index in [9.17, 15) is 4.79 Å². The van der Waals surface area contributed by atoms with Gasteiger partial charge in [0.05, 0.1) is 11.6 Å². The summed E-state index contributed by atoms with van der Waals surface area (Å²) in [5.41, 5.74) is 0. The summed E-state index contributed by atoms with van der Waals surface area (Å²) in [6.45, 7) is 0. The van der Waals surface area contributed by atoms with Crippen LogP contribution in [0.2, 0.25) is 0 Å². The summed E-state index contributed by atoms with van der Waals surface area (Å²) in [5, 5.41) is 4.55. The first-order valence-electron chi connectivity index (χ1n) is 2.99. The van der Waals surface area contributed by atoms with Crippen molar-refractivity contribution in [1.82, 2.24) is 14.8 Å².